The molecule has 3 aromatic carbocycles. The smallest absolute Gasteiger partial charge is 0.271 e. The van der Waals surface area contributed by atoms with Gasteiger partial charge in [0.15, 0.2) is 5.17 Å². The van der Waals surface area contributed by atoms with E-state index in [0.29, 0.717) is 10.1 Å². The third-order valence-corrected chi connectivity index (χ3v) is 6.34. The summed E-state index contributed by atoms with van der Waals surface area (Å²) < 4.78 is 5.32. The maximum Gasteiger partial charge on any atom is 0.271 e. The molecule has 0 spiro atoms. The number of carbonyl (C=O) groups excluding carboxylic acids is 1. The van der Waals surface area contributed by atoms with Gasteiger partial charge in [-0.05, 0) is 83.8 Å². The van der Waals surface area contributed by atoms with Gasteiger partial charge in [-0.25, -0.2) is 4.99 Å². The number of benzene rings is 3. The van der Waals surface area contributed by atoms with Crippen LogP contribution >= 0.6 is 11.8 Å². The van der Waals surface area contributed by atoms with Crippen LogP contribution in [0.15, 0.2) is 82.7 Å². The van der Waals surface area contributed by atoms with Gasteiger partial charge in [0.1, 0.15) is 5.75 Å². The van der Waals surface area contributed by atoms with Crippen LogP contribution in [0.4, 0.5) is 11.4 Å². The summed E-state index contributed by atoms with van der Waals surface area (Å²) in [5.41, 5.74) is 5.05. The van der Waals surface area contributed by atoms with Crippen molar-refractivity contribution >= 4 is 40.3 Å². The van der Waals surface area contributed by atoms with Crippen molar-refractivity contribution in [1.29, 1.82) is 0 Å². The lowest BCUT2D eigenvalue weighted by molar-refractivity contribution is -0.113. The first-order valence-corrected chi connectivity index (χ1v) is 11.6. The maximum absolute atomic E-state index is 13.4. The third kappa shape index (κ3) is 4.78. The van der Waals surface area contributed by atoms with Crippen molar-refractivity contribution in [3.05, 3.63) is 94.4 Å². The molecule has 162 valence electrons. The lowest BCUT2D eigenvalue weighted by Gasteiger charge is -2.16. The van der Waals surface area contributed by atoms with Crippen molar-refractivity contribution in [1.82, 2.24) is 0 Å². The Kier molecular flexibility index (Phi) is 6.76. The Morgan fingerprint density at radius 1 is 0.938 bits per heavy atom. The molecular weight excluding hydrogens is 416 g/mol. The van der Waals surface area contributed by atoms with E-state index < -0.39 is 0 Å². The number of hydrogen-bond donors (Lipinski definition) is 0. The third-order valence-electron chi connectivity index (χ3n) is 5.37. The minimum atomic E-state index is -0.0778. The fourth-order valence-corrected chi connectivity index (χ4v) is 4.46. The van der Waals surface area contributed by atoms with Crippen molar-refractivity contribution < 1.29 is 9.53 Å². The maximum atomic E-state index is 13.4. The lowest BCUT2D eigenvalue weighted by Crippen LogP contribution is -2.28. The molecule has 5 heteroatoms. The normalized spacial score (nSPS) is 16.2. The predicted octanol–water partition coefficient (Wildman–Crippen LogP) is 6.63. The lowest BCUT2D eigenvalue weighted by atomic mass is 10.1. The quantitative estimate of drug-likeness (QED) is 0.402. The van der Waals surface area contributed by atoms with Crippen LogP contribution in [0.1, 0.15) is 30.5 Å². The summed E-state index contributed by atoms with van der Waals surface area (Å²) in [4.78, 5) is 20.6. The van der Waals surface area contributed by atoms with Gasteiger partial charge >= 0.3 is 0 Å². The van der Waals surface area contributed by atoms with Crippen molar-refractivity contribution in [2.75, 3.05) is 12.0 Å². The molecule has 0 N–H and O–H groups in total. The summed E-state index contributed by atoms with van der Waals surface area (Å²) in [5, 5.41) is 0.651. The Hall–Kier alpha value is -3.31. The number of amides is 1. The van der Waals surface area contributed by atoms with Crippen LogP contribution < -0.4 is 9.64 Å². The zero-order chi connectivity index (χ0) is 22.5. The van der Waals surface area contributed by atoms with Crippen molar-refractivity contribution in [2.45, 2.75) is 26.7 Å². The van der Waals surface area contributed by atoms with Gasteiger partial charge in [-0.1, -0.05) is 50.2 Å². The molecule has 4 nitrogen and oxygen atoms in total. The van der Waals surface area contributed by atoms with Crippen LogP contribution in [-0.2, 0) is 17.6 Å². The second-order valence-corrected chi connectivity index (χ2v) is 8.47. The molecule has 0 aromatic heterocycles. The fourth-order valence-electron chi connectivity index (χ4n) is 3.46. The van der Waals surface area contributed by atoms with Crippen LogP contribution in [-0.4, -0.2) is 18.2 Å². The van der Waals surface area contributed by atoms with Gasteiger partial charge in [0.25, 0.3) is 5.91 Å². The number of carbonyl (C=O) groups is 1. The predicted molar refractivity (Wildman–Crippen MR) is 135 cm³/mol. The molecule has 1 amide bonds. The number of thioether (sulfide) groups is 1. The largest absolute Gasteiger partial charge is 0.497 e. The highest BCUT2D eigenvalue weighted by Crippen LogP contribution is 2.37. The Morgan fingerprint density at radius 2 is 1.59 bits per heavy atom. The Labute approximate surface area is 193 Å². The van der Waals surface area contributed by atoms with Gasteiger partial charge < -0.3 is 4.74 Å². The summed E-state index contributed by atoms with van der Waals surface area (Å²) in [5.74, 6) is 0.678. The Morgan fingerprint density at radius 3 is 2.22 bits per heavy atom. The van der Waals surface area contributed by atoms with E-state index in [1.165, 1.54) is 22.9 Å². The number of ether oxygens (including phenoxy) is 1. The van der Waals surface area contributed by atoms with E-state index in [1.54, 1.807) is 12.0 Å². The van der Waals surface area contributed by atoms with Crippen molar-refractivity contribution in [2.24, 2.45) is 4.99 Å². The summed E-state index contributed by atoms with van der Waals surface area (Å²) >= 11 is 1.39. The number of rotatable bonds is 6. The van der Waals surface area contributed by atoms with E-state index in [-0.39, 0.29) is 5.91 Å². The Bertz CT molecular complexity index is 1170. The van der Waals surface area contributed by atoms with Crippen molar-refractivity contribution in [3.63, 3.8) is 0 Å². The molecule has 0 atom stereocenters. The number of methoxy groups -OCH3 is 1. The summed E-state index contributed by atoms with van der Waals surface area (Å²) in [6.07, 6.45) is 3.83. The van der Waals surface area contributed by atoms with Crippen LogP contribution in [0.5, 0.6) is 5.75 Å². The summed E-state index contributed by atoms with van der Waals surface area (Å²) in [7, 11) is 1.64. The molecule has 1 fully saturated rings. The zero-order valence-electron chi connectivity index (χ0n) is 18.5. The SMILES string of the molecule is CCc1ccc(N=C2SC(=Cc3cccc(OC)c3)C(=O)N2c2ccc(CC)cc2)cc1. The first-order valence-electron chi connectivity index (χ1n) is 10.8. The molecule has 3 aromatic rings. The average Bonchev–Trinajstić information content (AvgIpc) is 3.14. The highest BCUT2D eigenvalue weighted by Gasteiger charge is 2.34. The molecule has 0 bridgehead atoms. The highest BCUT2D eigenvalue weighted by atomic mass is 32.2. The summed E-state index contributed by atoms with van der Waals surface area (Å²) in [6, 6.07) is 23.9. The molecular formula is C27H26N2O2S. The molecule has 0 saturated carbocycles. The minimum absolute atomic E-state index is 0.0778. The first kappa shape index (κ1) is 21.9. The molecule has 1 aliphatic rings. The van der Waals surface area contributed by atoms with Gasteiger partial charge in [0.05, 0.1) is 23.4 Å². The highest BCUT2D eigenvalue weighted by molar-refractivity contribution is 8.19. The van der Waals surface area contributed by atoms with Gasteiger partial charge in [0.2, 0.25) is 0 Å². The molecule has 32 heavy (non-hydrogen) atoms. The van der Waals surface area contributed by atoms with E-state index in [9.17, 15) is 4.79 Å². The van der Waals surface area contributed by atoms with Gasteiger partial charge in [-0.15, -0.1) is 0 Å². The second kappa shape index (κ2) is 9.88. The van der Waals surface area contributed by atoms with Gasteiger partial charge in [-0.3, -0.25) is 9.69 Å². The number of aliphatic imine (C=N–C) groups is 1. The molecule has 1 heterocycles. The number of amidine groups is 1. The number of nitrogens with zero attached hydrogens (tertiary/aromatic N) is 2. The Balaban J connectivity index is 1.74. The van der Waals surface area contributed by atoms with Crippen LogP contribution in [0, 0.1) is 0 Å². The van der Waals surface area contributed by atoms with Gasteiger partial charge in [0, 0.05) is 0 Å². The topological polar surface area (TPSA) is 41.9 Å². The number of aryl methyl sites for hydroxylation is 2. The monoisotopic (exact) mass is 442 g/mol. The number of hydrogen-bond acceptors (Lipinski definition) is 4. The molecule has 4 rings (SSSR count). The van der Waals surface area contributed by atoms with Crippen LogP contribution in [0.25, 0.3) is 6.08 Å². The fraction of sp³-hybridized carbons (Fsp3) is 0.185. The number of anilines is 1. The molecule has 0 radical (unpaired) electrons. The van der Waals surface area contributed by atoms with E-state index in [0.717, 1.165) is 35.5 Å². The van der Waals surface area contributed by atoms with E-state index >= 15 is 0 Å². The standard InChI is InChI=1S/C27H26N2O2S/c1-4-19-9-13-22(14-10-19)28-27-29(23-15-11-20(5-2)12-16-23)26(30)25(32-27)18-21-7-6-8-24(17-21)31-3/h6-18H,4-5H2,1-3H3. The zero-order valence-corrected chi connectivity index (χ0v) is 19.4. The van der Waals surface area contributed by atoms with Crippen LogP contribution in [0.3, 0.4) is 0 Å². The van der Waals surface area contributed by atoms with Crippen molar-refractivity contribution in [3.8, 4) is 5.75 Å². The van der Waals surface area contributed by atoms with Crippen LogP contribution in [0.2, 0.25) is 0 Å². The van der Waals surface area contributed by atoms with E-state index in [2.05, 4.69) is 38.1 Å². The molecule has 1 aliphatic heterocycles. The molecule has 1 saturated heterocycles. The molecule has 0 aliphatic carbocycles. The van der Waals surface area contributed by atoms with Gasteiger partial charge in [-0.2, -0.15) is 0 Å². The first-order chi connectivity index (χ1) is 15.6. The average molecular weight is 443 g/mol. The minimum Gasteiger partial charge on any atom is -0.497 e. The van der Waals surface area contributed by atoms with E-state index in [4.69, 9.17) is 9.73 Å². The second-order valence-electron chi connectivity index (χ2n) is 7.46. The molecule has 0 unspecified atom stereocenters. The van der Waals surface area contributed by atoms with E-state index in [1.807, 2.05) is 54.6 Å². The summed E-state index contributed by atoms with van der Waals surface area (Å²) in [6.45, 7) is 4.25.